The number of hydrogen-bond acceptors (Lipinski definition) is 3. The fourth-order valence-electron chi connectivity index (χ4n) is 3.62. The minimum absolute atomic E-state index is 0.272. The molecule has 4 atom stereocenters. The van der Waals surface area contributed by atoms with E-state index in [-0.39, 0.29) is 5.92 Å². The molecule has 1 aliphatic heterocycles. The van der Waals surface area contributed by atoms with Gasteiger partial charge in [-0.25, -0.2) is 0 Å². The van der Waals surface area contributed by atoms with Crippen molar-refractivity contribution in [1.29, 1.82) is 5.26 Å². The normalized spacial score (nSPS) is 36.8. The van der Waals surface area contributed by atoms with E-state index < -0.39 is 0 Å². The first-order valence-corrected chi connectivity index (χ1v) is 8.61. The highest BCUT2D eigenvalue weighted by molar-refractivity contribution is 7.99. The third-order valence-electron chi connectivity index (χ3n) is 4.79. The summed E-state index contributed by atoms with van der Waals surface area (Å²) in [7, 11) is 2.26. The predicted octanol–water partition coefficient (Wildman–Crippen LogP) is 3.53. The lowest BCUT2D eigenvalue weighted by molar-refractivity contribution is 0.0930. The Hall–Kier alpha value is -0.200. The molecule has 2 rings (SSSR count). The van der Waals surface area contributed by atoms with Crippen LogP contribution in [-0.2, 0) is 0 Å². The lowest BCUT2D eigenvalue weighted by atomic mass is 9.76. The van der Waals surface area contributed by atoms with E-state index in [2.05, 4.69) is 36.7 Å². The molecule has 18 heavy (non-hydrogen) atoms. The largest absolute Gasteiger partial charge is 0.298 e. The fourth-order valence-corrected chi connectivity index (χ4v) is 4.90. The molecule has 1 saturated carbocycles. The molecule has 1 heterocycles. The van der Waals surface area contributed by atoms with Gasteiger partial charge < -0.3 is 0 Å². The lowest BCUT2D eigenvalue weighted by Gasteiger charge is -2.41. The summed E-state index contributed by atoms with van der Waals surface area (Å²) in [5, 5.41) is 9.39. The molecule has 0 amide bonds. The smallest absolute Gasteiger partial charge is 0.0672 e. The van der Waals surface area contributed by atoms with Crippen LogP contribution < -0.4 is 0 Å². The molecule has 0 aromatic heterocycles. The molecule has 1 saturated heterocycles. The van der Waals surface area contributed by atoms with Crippen LogP contribution in [-0.4, -0.2) is 35.5 Å². The molecule has 0 spiro atoms. The molecule has 2 nitrogen and oxygen atoms in total. The highest BCUT2D eigenvalue weighted by Gasteiger charge is 2.36. The van der Waals surface area contributed by atoms with Gasteiger partial charge in [0.1, 0.15) is 0 Å². The summed E-state index contributed by atoms with van der Waals surface area (Å²) in [6.07, 6.45) is 7.60. The number of nitrogens with zero attached hydrogens (tertiary/aromatic N) is 2. The Morgan fingerprint density at radius 3 is 2.78 bits per heavy atom. The van der Waals surface area contributed by atoms with E-state index in [1.165, 1.54) is 43.6 Å². The van der Waals surface area contributed by atoms with Crippen LogP contribution >= 0.6 is 11.8 Å². The van der Waals surface area contributed by atoms with Crippen molar-refractivity contribution in [2.45, 2.75) is 57.5 Å². The molecule has 0 aromatic rings. The van der Waals surface area contributed by atoms with Crippen molar-refractivity contribution in [3.8, 4) is 6.07 Å². The Morgan fingerprint density at radius 1 is 1.33 bits per heavy atom. The van der Waals surface area contributed by atoms with E-state index in [0.29, 0.717) is 6.04 Å². The van der Waals surface area contributed by atoms with E-state index in [0.717, 1.165) is 18.4 Å². The van der Waals surface area contributed by atoms with Gasteiger partial charge in [-0.15, -0.1) is 0 Å². The van der Waals surface area contributed by atoms with E-state index in [1.807, 2.05) is 0 Å². The fraction of sp³-hybridized carbons (Fsp3) is 0.933. The third kappa shape index (κ3) is 3.22. The van der Waals surface area contributed by atoms with Crippen LogP contribution in [0.2, 0.25) is 0 Å². The molecule has 102 valence electrons. The number of thioether (sulfide) groups is 1. The topological polar surface area (TPSA) is 27.0 Å². The van der Waals surface area contributed by atoms with Crippen molar-refractivity contribution < 1.29 is 0 Å². The number of hydrogen-bond donors (Lipinski definition) is 0. The lowest BCUT2D eigenvalue weighted by Crippen LogP contribution is -2.47. The number of rotatable bonds is 4. The average Bonchev–Trinajstić information content (AvgIpc) is 2.92. The minimum Gasteiger partial charge on any atom is -0.298 e. The second-order valence-electron chi connectivity index (χ2n) is 5.95. The van der Waals surface area contributed by atoms with Gasteiger partial charge in [0, 0.05) is 17.8 Å². The summed E-state index contributed by atoms with van der Waals surface area (Å²) < 4.78 is 0. The Bertz CT molecular complexity index is 293. The van der Waals surface area contributed by atoms with Gasteiger partial charge in [-0.1, -0.05) is 19.8 Å². The van der Waals surface area contributed by atoms with Crippen molar-refractivity contribution in [3.63, 3.8) is 0 Å². The molecule has 2 fully saturated rings. The molecule has 0 aromatic carbocycles. The zero-order valence-corrected chi connectivity index (χ0v) is 12.6. The van der Waals surface area contributed by atoms with Crippen molar-refractivity contribution in [2.75, 3.05) is 18.6 Å². The van der Waals surface area contributed by atoms with E-state index in [9.17, 15) is 5.26 Å². The van der Waals surface area contributed by atoms with Gasteiger partial charge in [-0.2, -0.15) is 17.0 Å². The molecule has 0 bridgehead atoms. The first kappa shape index (κ1) is 14.2. The zero-order valence-electron chi connectivity index (χ0n) is 11.8. The van der Waals surface area contributed by atoms with Crippen LogP contribution in [0.15, 0.2) is 0 Å². The SMILES string of the molecule is CCCC1CCC(C#N)C(N(C)C2CCSC2)C1. The van der Waals surface area contributed by atoms with Crippen LogP contribution in [0, 0.1) is 23.2 Å². The predicted molar refractivity (Wildman–Crippen MR) is 78.6 cm³/mol. The zero-order chi connectivity index (χ0) is 13.0. The molecular weight excluding hydrogens is 240 g/mol. The maximum Gasteiger partial charge on any atom is 0.0672 e. The Morgan fingerprint density at radius 2 is 2.17 bits per heavy atom. The van der Waals surface area contributed by atoms with Crippen molar-refractivity contribution in [1.82, 2.24) is 4.90 Å². The number of nitriles is 1. The molecule has 3 heteroatoms. The van der Waals surface area contributed by atoms with Crippen LogP contribution in [0.3, 0.4) is 0 Å². The Kier molecular flexibility index (Phi) is 5.38. The van der Waals surface area contributed by atoms with Crippen molar-refractivity contribution in [3.05, 3.63) is 0 Å². The maximum absolute atomic E-state index is 9.39. The molecule has 0 N–H and O–H groups in total. The van der Waals surface area contributed by atoms with Crippen molar-refractivity contribution in [2.24, 2.45) is 11.8 Å². The summed E-state index contributed by atoms with van der Waals surface area (Å²) >= 11 is 2.07. The van der Waals surface area contributed by atoms with Crippen LogP contribution in [0.4, 0.5) is 0 Å². The standard InChI is InChI=1S/C15H26N2S/c1-3-4-12-5-6-13(10-16)15(9-12)17(2)14-7-8-18-11-14/h12-15H,3-9,11H2,1-2H3. The summed E-state index contributed by atoms with van der Waals surface area (Å²) in [5.41, 5.74) is 0. The van der Waals surface area contributed by atoms with Crippen LogP contribution in [0.1, 0.15) is 45.4 Å². The first-order valence-electron chi connectivity index (χ1n) is 7.45. The Labute approximate surface area is 116 Å². The van der Waals surface area contributed by atoms with Gasteiger partial charge in [0.05, 0.1) is 12.0 Å². The minimum atomic E-state index is 0.272. The first-order chi connectivity index (χ1) is 8.76. The highest BCUT2D eigenvalue weighted by Crippen LogP contribution is 2.36. The third-order valence-corrected chi connectivity index (χ3v) is 5.94. The van der Waals surface area contributed by atoms with Crippen LogP contribution in [0.25, 0.3) is 0 Å². The maximum atomic E-state index is 9.39. The van der Waals surface area contributed by atoms with Gasteiger partial charge in [0.25, 0.3) is 0 Å². The summed E-state index contributed by atoms with van der Waals surface area (Å²) in [6, 6.07) is 3.81. The van der Waals surface area contributed by atoms with Crippen LogP contribution in [0.5, 0.6) is 0 Å². The van der Waals surface area contributed by atoms with Gasteiger partial charge in [0.2, 0.25) is 0 Å². The van der Waals surface area contributed by atoms with Gasteiger partial charge >= 0.3 is 0 Å². The summed E-state index contributed by atoms with van der Waals surface area (Å²) in [6.45, 7) is 2.28. The van der Waals surface area contributed by atoms with E-state index in [1.54, 1.807) is 0 Å². The average molecular weight is 266 g/mol. The summed E-state index contributed by atoms with van der Waals surface area (Å²) in [5.74, 6) is 3.70. The summed E-state index contributed by atoms with van der Waals surface area (Å²) in [4.78, 5) is 2.55. The molecule has 2 aliphatic rings. The highest BCUT2D eigenvalue weighted by atomic mass is 32.2. The second kappa shape index (κ2) is 6.82. The van der Waals surface area contributed by atoms with Gasteiger partial charge in [0.15, 0.2) is 0 Å². The quantitative estimate of drug-likeness (QED) is 0.779. The molecule has 4 unspecified atom stereocenters. The molecular formula is C15H26N2S. The second-order valence-corrected chi connectivity index (χ2v) is 7.10. The van der Waals surface area contributed by atoms with Gasteiger partial charge in [-0.3, -0.25) is 4.90 Å². The monoisotopic (exact) mass is 266 g/mol. The van der Waals surface area contributed by atoms with E-state index in [4.69, 9.17) is 0 Å². The molecule has 0 radical (unpaired) electrons. The Balaban J connectivity index is 1.98. The van der Waals surface area contributed by atoms with E-state index >= 15 is 0 Å². The van der Waals surface area contributed by atoms with Crippen molar-refractivity contribution >= 4 is 11.8 Å². The van der Waals surface area contributed by atoms with Gasteiger partial charge in [-0.05, 0) is 44.4 Å². The molecule has 1 aliphatic carbocycles.